The maximum absolute atomic E-state index is 13.2. The third kappa shape index (κ3) is 9.88. The molecule has 4 nitrogen and oxygen atoms in total. The van der Waals surface area contributed by atoms with Gasteiger partial charge in [0.15, 0.2) is 0 Å². The second-order valence-electron chi connectivity index (χ2n) is 11.2. The molecule has 0 radical (unpaired) electrons. The van der Waals surface area contributed by atoms with Crippen LogP contribution >= 0.6 is 0 Å². The van der Waals surface area contributed by atoms with Gasteiger partial charge in [-0.2, -0.15) is 0 Å². The molecule has 1 fully saturated rings. The summed E-state index contributed by atoms with van der Waals surface area (Å²) in [7, 11) is 1.82. The molecule has 1 saturated heterocycles. The molecule has 35 heavy (non-hydrogen) atoms. The van der Waals surface area contributed by atoms with E-state index >= 15 is 0 Å². The fourth-order valence-electron chi connectivity index (χ4n) is 5.70. The number of methoxy groups -OCH3 is 1. The van der Waals surface area contributed by atoms with Crippen LogP contribution in [0, 0.1) is 11.8 Å². The van der Waals surface area contributed by atoms with Crippen LogP contribution in [0.4, 0.5) is 0 Å². The average molecular weight is 487 g/mol. The molecule has 1 aromatic rings. The lowest BCUT2D eigenvalue weighted by atomic mass is 9.87. The van der Waals surface area contributed by atoms with Gasteiger partial charge in [-0.1, -0.05) is 66.0 Å². The smallest absolute Gasteiger partial charge is 0.253 e. The Balaban J connectivity index is 1.92. The first-order valence-corrected chi connectivity index (χ1v) is 14.5. The van der Waals surface area contributed by atoms with E-state index in [1.165, 1.54) is 50.5 Å². The zero-order chi connectivity index (χ0) is 25.6. The molecule has 0 N–H and O–H groups in total. The van der Waals surface area contributed by atoms with Gasteiger partial charge < -0.3 is 9.64 Å². The van der Waals surface area contributed by atoms with Crippen molar-refractivity contribution in [1.82, 2.24) is 9.80 Å². The summed E-state index contributed by atoms with van der Waals surface area (Å²) < 4.78 is 5.54. The Bertz CT molecular complexity index is 688. The molecular weight excluding hydrogens is 432 g/mol. The number of rotatable bonds is 16. The van der Waals surface area contributed by atoms with Gasteiger partial charge in [0.2, 0.25) is 0 Å². The Labute approximate surface area is 216 Å². The van der Waals surface area contributed by atoms with Gasteiger partial charge in [0.25, 0.3) is 5.91 Å². The van der Waals surface area contributed by atoms with Gasteiger partial charge >= 0.3 is 0 Å². The van der Waals surface area contributed by atoms with Crippen LogP contribution in [0.5, 0.6) is 0 Å². The number of carbonyl (C=O) groups is 1. The Morgan fingerprint density at radius 2 is 1.63 bits per heavy atom. The van der Waals surface area contributed by atoms with Gasteiger partial charge in [0.1, 0.15) is 0 Å². The molecule has 1 aromatic carbocycles. The van der Waals surface area contributed by atoms with E-state index in [1.54, 1.807) is 0 Å². The van der Waals surface area contributed by atoms with Crippen molar-refractivity contribution in [3.63, 3.8) is 0 Å². The molecule has 0 bridgehead atoms. The third-order valence-corrected chi connectivity index (χ3v) is 7.76. The number of hydrogen-bond donors (Lipinski definition) is 0. The minimum absolute atomic E-state index is 0.206. The Morgan fingerprint density at radius 3 is 2.17 bits per heavy atom. The first-order valence-electron chi connectivity index (χ1n) is 14.5. The molecular formula is C31H54N2O2. The number of carbonyl (C=O) groups excluding carboxylic acids is 1. The van der Waals surface area contributed by atoms with E-state index in [4.69, 9.17) is 4.74 Å². The highest BCUT2D eigenvalue weighted by molar-refractivity contribution is 5.94. The van der Waals surface area contributed by atoms with Crippen molar-refractivity contribution in [2.45, 2.75) is 104 Å². The topological polar surface area (TPSA) is 32.8 Å². The van der Waals surface area contributed by atoms with Crippen molar-refractivity contribution in [3.05, 3.63) is 35.4 Å². The van der Waals surface area contributed by atoms with Crippen LogP contribution < -0.4 is 0 Å². The maximum Gasteiger partial charge on any atom is 0.253 e. The fourth-order valence-corrected chi connectivity index (χ4v) is 5.70. The average Bonchev–Trinajstić information content (AvgIpc) is 2.86. The van der Waals surface area contributed by atoms with Gasteiger partial charge in [0.05, 0.1) is 6.61 Å². The zero-order valence-corrected chi connectivity index (χ0v) is 23.7. The number of likely N-dealkylation sites (tertiary alicyclic amines) is 1. The lowest BCUT2D eigenvalue weighted by Gasteiger charge is -2.38. The summed E-state index contributed by atoms with van der Waals surface area (Å²) in [6.07, 6.45) is 10.7. The van der Waals surface area contributed by atoms with Crippen LogP contribution in [0.15, 0.2) is 24.3 Å². The van der Waals surface area contributed by atoms with Crippen molar-refractivity contribution in [1.29, 1.82) is 0 Å². The predicted molar refractivity (Wildman–Crippen MR) is 149 cm³/mol. The Hall–Kier alpha value is -1.39. The summed E-state index contributed by atoms with van der Waals surface area (Å²) in [4.78, 5) is 18.0. The van der Waals surface area contributed by atoms with Gasteiger partial charge in [-0.15, -0.1) is 0 Å². The summed E-state index contributed by atoms with van der Waals surface area (Å²) in [5, 5.41) is 0. The first-order chi connectivity index (χ1) is 16.9. The maximum atomic E-state index is 13.2. The molecule has 200 valence electrons. The number of benzene rings is 1. The van der Waals surface area contributed by atoms with Crippen LogP contribution in [-0.2, 0) is 4.74 Å². The molecule has 0 aliphatic carbocycles. The fraction of sp³-hybridized carbons (Fsp3) is 0.774. The Kier molecular flexibility index (Phi) is 14.0. The second kappa shape index (κ2) is 16.4. The molecule has 1 aliphatic rings. The molecule has 2 atom stereocenters. The van der Waals surface area contributed by atoms with Crippen LogP contribution in [0.1, 0.15) is 114 Å². The van der Waals surface area contributed by atoms with Gasteiger partial charge in [-0.05, 0) is 80.5 Å². The van der Waals surface area contributed by atoms with E-state index in [-0.39, 0.29) is 5.91 Å². The number of hydrogen-bond acceptors (Lipinski definition) is 3. The quantitative estimate of drug-likeness (QED) is 0.244. The van der Waals surface area contributed by atoms with Crippen LogP contribution in [0.3, 0.4) is 0 Å². The molecule has 1 amide bonds. The minimum Gasteiger partial charge on any atom is -0.383 e. The van der Waals surface area contributed by atoms with Gasteiger partial charge in [-0.25, -0.2) is 0 Å². The third-order valence-electron chi connectivity index (χ3n) is 7.76. The molecule has 0 spiro atoms. The summed E-state index contributed by atoms with van der Waals surface area (Å²) in [6, 6.07) is 9.09. The molecule has 1 aliphatic heterocycles. The van der Waals surface area contributed by atoms with E-state index in [0.717, 1.165) is 57.1 Å². The van der Waals surface area contributed by atoms with Crippen LogP contribution in [0.25, 0.3) is 0 Å². The number of ether oxygens (including phenoxy) is 1. The highest BCUT2D eigenvalue weighted by Crippen LogP contribution is 2.29. The highest BCUT2D eigenvalue weighted by Gasteiger charge is 2.27. The van der Waals surface area contributed by atoms with Gasteiger partial charge in [0, 0.05) is 38.3 Å². The summed E-state index contributed by atoms with van der Waals surface area (Å²) in [5.41, 5.74) is 2.25. The first kappa shape index (κ1) is 29.8. The normalized spacial score (nSPS) is 16.7. The molecule has 0 aromatic heterocycles. The van der Waals surface area contributed by atoms with Crippen molar-refractivity contribution in [2.75, 3.05) is 39.9 Å². The van der Waals surface area contributed by atoms with Crippen molar-refractivity contribution in [3.8, 4) is 0 Å². The summed E-state index contributed by atoms with van der Waals surface area (Å²) in [6.45, 7) is 16.2. The monoisotopic (exact) mass is 486 g/mol. The van der Waals surface area contributed by atoms with Crippen LogP contribution in [0.2, 0.25) is 0 Å². The summed E-state index contributed by atoms with van der Waals surface area (Å²) >= 11 is 0. The SMILES string of the molecule is CCCC(CCC(C)C)c1ccc(C(=O)N2CCC(CN(CCC)C(CCC)COC)CC2)cc1. The van der Waals surface area contributed by atoms with Crippen LogP contribution in [-0.4, -0.2) is 61.6 Å². The molecule has 1 heterocycles. The minimum atomic E-state index is 0.206. The number of piperidine rings is 1. The largest absolute Gasteiger partial charge is 0.383 e. The van der Waals surface area contributed by atoms with Crippen molar-refractivity contribution < 1.29 is 9.53 Å². The van der Waals surface area contributed by atoms with E-state index in [2.05, 4.69) is 68.7 Å². The zero-order valence-electron chi connectivity index (χ0n) is 23.7. The summed E-state index contributed by atoms with van der Waals surface area (Å²) in [5.74, 6) is 2.23. The van der Waals surface area contributed by atoms with E-state index in [1.807, 2.05) is 7.11 Å². The van der Waals surface area contributed by atoms with E-state index in [0.29, 0.717) is 17.9 Å². The van der Waals surface area contributed by atoms with Gasteiger partial charge in [-0.3, -0.25) is 9.69 Å². The second-order valence-corrected chi connectivity index (χ2v) is 11.2. The number of nitrogens with zero attached hydrogens (tertiary/aromatic N) is 2. The van der Waals surface area contributed by atoms with E-state index in [9.17, 15) is 4.79 Å². The molecule has 4 heteroatoms. The molecule has 0 saturated carbocycles. The molecule has 2 unspecified atom stereocenters. The lowest BCUT2D eigenvalue weighted by molar-refractivity contribution is 0.0532. The number of amides is 1. The highest BCUT2D eigenvalue weighted by atomic mass is 16.5. The van der Waals surface area contributed by atoms with E-state index < -0.39 is 0 Å². The van der Waals surface area contributed by atoms with Crippen molar-refractivity contribution in [2.24, 2.45) is 11.8 Å². The Morgan fingerprint density at radius 1 is 0.971 bits per heavy atom. The standard InChI is InChI=1S/C31H54N2O2/c1-7-10-27(13-12-25(4)5)28-14-16-29(17-15-28)31(34)32-21-18-26(19-22-32)23-33(20-9-3)30(11-8-2)24-35-6/h14-17,25-27,30H,7-13,18-24H2,1-6H3. The lowest BCUT2D eigenvalue weighted by Crippen LogP contribution is -2.45. The van der Waals surface area contributed by atoms with Crippen molar-refractivity contribution >= 4 is 5.91 Å². The predicted octanol–water partition coefficient (Wildman–Crippen LogP) is 7.39. The molecule has 2 rings (SSSR count).